The molecule has 1 N–H and O–H groups in total. The Morgan fingerprint density at radius 2 is 2.06 bits per heavy atom. The molecule has 1 saturated carbocycles. The van der Waals surface area contributed by atoms with Gasteiger partial charge in [-0.25, -0.2) is 0 Å². The van der Waals surface area contributed by atoms with E-state index in [1.165, 1.54) is 5.56 Å². The summed E-state index contributed by atoms with van der Waals surface area (Å²) < 4.78 is 0. The first-order chi connectivity index (χ1) is 8.81. The van der Waals surface area contributed by atoms with Crippen molar-refractivity contribution in [2.24, 2.45) is 0 Å². The monoisotopic (exact) mass is 244 g/mol. The van der Waals surface area contributed by atoms with Crippen molar-refractivity contribution < 1.29 is 4.79 Å². The number of nitrogens with zero attached hydrogens (tertiary/aromatic N) is 1. The fraction of sp³-hybridized carbons (Fsp3) is 0.533. The minimum absolute atomic E-state index is 0.0378. The number of benzene rings is 1. The van der Waals surface area contributed by atoms with Crippen LogP contribution >= 0.6 is 0 Å². The Hall–Kier alpha value is -1.35. The summed E-state index contributed by atoms with van der Waals surface area (Å²) in [6.07, 6.45) is 3.23. The Bertz CT molecular complexity index is 431. The predicted molar refractivity (Wildman–Crippen MR) is 71.4 cm³/mol. The van der Waals surface area contributed by atoms with Crippen molar-refractivity contribution in [3.05, 3.63) is 35.9 Å². The molecule has 96 valence electrons. The lowest BCUT2D eigenvalue weighted by atomic mass is 10.0. The van der Waals surface area contributed by atoms with Gasteiger partial charge in [-0.3, -0.25) is 4.79 Å². The summed E-state index contributed by atoms with van der Waals surface area (Å²) in [5.41, 5.74) is 1.38. The van der Waals surface area contributed by atoms with Gasteiger partial charge in [-0.15, -0.1) is 0 Å². The SMILES string of the molecule is CNC1CCCN(C2CC2c2ccccc2)C1=O. The quantitative estimate of drug-likeness (QED) is 0.878. The molecule has 3 heteroatoms. The molecule has 0 spiro atoms. The zero-order chi connectivity index (χ0) is 12.5. The van der Waals surface area contributed by atoms with E-state index in [0.717, 1.165) is 25.8 Å². The number of hydrogen-bond acceptors (Lipinski definition) is 2. The van der Waals surface area contributed by atoms with Crippen molar-refractivity contribution in [2.45, 2.75) is 37.3 Å². The van der Waals surface area contributed by atoms with E-state index >= 15 is 0 Å². The lowest BCUT2D eigenvalue weighted by Crippen LogP contribution is -2.50. The topological polar surface area (TPSA) is 32.3 Å². The molecular weight excluding hydrogens is 224 g/mol. The summed E-state index contributed by atoms with van der Waals surface area (Å²) in [6, 6.07) is 11.0. The minimum atomic E-state index is 0.0378. The summed E-state index contributed by atoms with van der Waals surface area (Å²) in [5.74, 6) is 0.859. The molecule has 3 atom stereocenters. The molecule has 2 aliphatic rings. The van der Waals surface area contributed by atoms with Gasteiger partial charge in [-0.2, -0.15) is 0 Å². The van der Waals surface area contributed by atoms with Crippen LogP contribution in [0.3, 0.4) is 0 Å². The third-order valence-corrected chi connectivity index (χ3v) is 4.21. The van der Waals surface area contributed by atoms with E-state index in [1.807, 2.05) is 13.1 Å². The van der Waals surface area contributed by atoms with Gasteiger partial charge in [0.1, 0.15) is 0 Å². The maximum absolute atomic E-state index is 12.3. The Kier molecular flexibility index (Phi) is 3.08. The number of likely N-dealkylation sites (tertiary alicyclic amines) is 1. The zero-order valence-corrected chi connectivity index (χ0v) is 10.8. The fourth-order valence-corrected chi connectivity index (χ4v) is 3.08. The first kappa shape index (κ1) is 11.7. The summed E-state index contributed by atoms with van der Waals surface area (Å²) in [6.45, 7) is 0.936. The molecular formula is C15H20N2O. The van der Waals surface area contributed by atoms with Crippen molar-refractivity contribution in [3.63, 3.8) is 0 Å². The largest absolute Gasteiger partial charge is 0.338 e. The number of rotatable bonds is 3. The molecule has 1 aliphatic carbocycles. The van der Waals surface area contributed by atoms with Crippen LogP contribution in [0.2, 0.25) is 0 Å². The second-order valence-electron chi connectivity index (χ2n) is 5.34. The first-order valence-electron chi connectivity index (χ1n) is 6.84. The summed E-state index contributed by atoms with van der Waals surface area (Å²) >= 11 is 0. The maximum atomic E-state index is 12.3. The van der Waals surface area contributed by atoms with Gasteiger partial charge in [0.25, 0.3) is 0 Å². The van der Waals surface area contributed by atoms with E-state index in [-0.39, 0.29) is 6.04 Å². The van der Waals surface area contributed by atoms with Crippen LogP contribution < -0.4 is 5.32 Å². The van der Waals surface area contributed by atoms with Crippen LogP contribution in [-0.2, 0) is 4.79 Å². The molecule has 1 saturated heterocycles. The van der Waals surface area contributed by atoms with E-state index in [1.54, 1.807) is 0 Å². The minimum Gasteiger partial charge on any atom is -0.338 e. The van der Waals surface area contributed by atoms with E-state index in [0.29, 0.717) is 17.9 Å². The predicted octanol–water partition coefficient (Wildman–Crippen LogP) is 1.75. The lowest BCUT2D eigenvalue weighted by molar-refractivity contribution is -0.136. The van der Waals surface area contributed by atoms with Crippen molar-refractivity contribution in [1.29, 1.82) is 0 Å². The third kappa shape index (κ3) is 2.03. The average molecular weight is 244 g/mol. The highest BCUT2D eigenvalue weighted by atomic mass is 16.2. The highest BCUT2D eigenvalue weighted by Gasteiger charge is 2.46. The molecule has 1 amide bonds. The van der Waals surface area contributed by atoms with Crippen LogP contribution in [0.4, 0.5) is 0 Å². The van der Waals surface area contributed by atoms with Gasteiger partial charge in [0.05, 0.1) is 6.04 Å². The highest BCUT2D eigenvalue weighted by Crippen LogP contribution is 2.45. The summed E-state index contributed by atoms with van der Waals surface area (Å²) in [5, 5.41) is 3.13. The number of nitrogens with one attached hydrogen (secondary N) is 1. The first-order valence-corrected chi connectivity index (χ1v) is 6.84. The standard InChI is InChI=1S/C15H20N2O/c1-16-13-8-5-9-17(15(13)18)14-10-12(14)11-6-3-2-4-7-11/h2-4,6-7,12-14,16H,5,8-10H2,1H3. The number of likely N-dealkylation sites (N-methyl/N-ethyl adjacent to an activating group) is 1. The Morgan fingerprint density at radius 3 is 2.78 bits per heavy atom. The van der Waals surface area contributed by atoms with Crippen LogP contribution in [0.5, 0.6) is 0 Å². The van der Waals surface area contributed by atoms with E-state index in [2.05, 4.69) is 34.5 Å². The molecule has 3 rings (SSSR count). The maximum Gasteiger partial charge on any atom is 0.239 e. The summed E-state index contributed by atoms with van der Waals surface area (Å²) in [4.78, 5) is 14.4. The zero-order valence-electron chi connectivity index (χ0n) is 10.8. The normalized spacial score (nSPS) is 31.5. The molecule has 3 nitrogen and oxygen atoms in total. The van der Waals surface area contributed by atoms with Gasteiger partial charge >= 0.3 is 0 Å². The van der Waals surface area contributed by atoms with Gasteiger partial charge in [0.2, 0.25) is 5.91 Å². The van der Waals surface area contributed by atoms with Crippen molar-refractivity contribution in [2.75, 3.05) is 13.6 Å². The number of amides is 1. The molecule has 1 aromatic rings. The Labute approximate surface area is 108 Å². The smallest absolute Gasteiger partial charge is 0.239 e. The molecule has 1 aliphatic heterocycles. The average Bonchev–Trinajstić information content (AvgIpc) is 3.20. The molecule has 1 heterocycles. The molecule has 18 heavy (non-hydrogen) atoms. The third-order valence-electron chi connectivity index (χ3n) is 4.21. The van der Waals surface area contributed by atoms with Gasteiger partial charge < -0.3 is 10.2 Å². The number of carbonyl (C=O) groups excluding carboxylic acids is 1. The van der Waals surface area contributed by atoms with Gasteiger partial charge in [0, 0.05) is 18.5 Å². The van der Waals surface area contributed by atoms with Crippen molar-refractivity contribution in [3.8, 4) is 0 Å². The van der Waals surface area contributed by atoms with Crippen molar-refractivity contribution >= 4 is 5.91 Å². The fourth-order valence-electron chi connectivity index (χ4n) is 3.08. The van der Waals surface area contributed by atoms with Crippen molar-refractivity contribution in [1.82, 2.24) is 10.2 Å². The second kappa shape index (κ2) is 4.73. The molecule has 3 unspecified atom stereocenters. The van der Waals surface area contributed by atoms with Crippen LogP contribution in [0.15, 0.2) is 30.3 Å². The Morgan fingerprint density at radius 1 is 1.28 bits per heavy atom. The molecule has 0 aromatic heterocycles. The van der Waals surface area contributed by atoms with Crippen LogP contribution in [0.25, 0.3) is 0 Å². The van der Waals surface area contributed by atoms with Gasteiger partial charge in [-0.1, -0.05) is 30.3 Å². The molecule has 1 aromatic carbocycles. The molecule has 0 bridgehead atoms. The van der Waals surface area contributed by atoms with Crippen LogP contribution in [0.1, 0.15) is 30.7 Å². The van der Waals surface area contributed by atoms with E-state index < -0.39 is 0 Å². The van der Waals surface area contributed by atoms with E-state index in [9.17, 15) is 4.79 Å². The number of hydrogen-bond donors (Lipinski definition) is 1. The molecule has 0 radical (unpaired) electrons. The Balaban J connectivity index is 1.69. The van der Waals surface area contributed by atoms with Gasteiger partial charge in [-0.05, 0) is 31.9 Å². The van der Waals surface area contributed by atoms with E-state index in [4.69, 9.17) is 0 Å². The second-order valence-corrected chi connectivity index (χ2v) is 5.34. The number of carbonyl (C=O) groups is 1. The van der Waals surface area contributed by atoms with Gasteiger partial charge in [0.15, 0.2) is 0 Å². The lowest BCUT2D eigenvalue weighted by Gasteiger charge is -2.32. The number of piperidine rings is 1. The highest BCUT2D eigenvalue weighted by molar-refractivity contribution is 5.83. The molecule has 2 fully saturated rings. The van der Waals surface area contributed by atoms with Crippen LogP contribution in [-0.4, -0.2) is 36.5 Å². The van der Waals surface area contributed by atoms with Crippen LogP contribution in [0, 0.1) is 0 Å². The summed E-state index contributed by atoms with van der Waals surface area (Å²) in [7, 11) is 1.88.